The van der Waals surface area contributed by atoms with Crippen LogP contribution in [0.3, 0.4) is 0 Å². The highest BCUT2D eigenvalue weighted by Gasteiger charge is 2.20. The molecule has 0 fully saturated rings. The molecule has 5 nitrogen and oxygen atoms in total. The molecule has 0 spiro atoms. The van der Waals surface area contributed by atoms with Crippen LogP contribution in [0.5, 0.6) is 0 Å². The highest BCUT2D eigenvalue weighted by molar-refractivity contribution is 7.91. The Hall–Kier alpha value is -2.34. The van der Waals surface area contributed by atoms with Crippen molar-refractivity contribution >= 4 is 27.3 Å². The predicted octanol–water partition coefficient (Wildman–Crippen LogP) is 3.24. The van der Waals surface area contributed by atoms with Gasteiger partial charge in [-0.1, -0.05) is 29.8 Å². The van der Waals surface area contributed by atoms with Gasteiger partial charge in [-0.3, -0.25) is 9.52 Å². The van der Waals surface area contributed by atoms with Crippen LogP contribution in [0, 0.1) is 6.92 Å². The maximum atomic E-state index is 12.4. The Morgan fingerprint density at radius 1 is 1.08 bits per heavy atom. The summed E-state index contributed by atoms with van der Waals surface area (Å²) in [6.45, 7) is 1.97. The lowest BCUT2D eigenvalue weighted by atomic mass is 10.1. The molecule has 1 heterocycles. The van der Waals surface area contributed by atoms with Gasteiger partial charge in [0.05, 0.1) is 5.75 Å². The number of nitrogens with zero attached hydrogens (tertiary/aromatic N) is 1. The molecule has 0 unspecified atom stereocenters. The molecule has 1 aliphatic heterocycles. The molecule has 0 bridgehead atoms. The fourth-order valence-electron chi connectivity index (χ4n) is 3.03. The first-order chi connectivity index (χ1) is 11.8. The quantitative estimate of drug-likeness (QED) is 0.912. The Labute approximate surface area is 148 Å². The zero-order chi connectivity index (χ0) is 18.0. The van der Waals surface area contributed by atoms with Crippen molar-refractivity contribution in [2.75, 3.05) is 16.7 Å². The summed E-state index contributed by atoms with van der Waals surface area (Å²) in [5.74, 6) is 0.0226. The van der Waals surface area contributed by atoms with Crippen LogP contribution in [-0.2, 0) is 27.0 Å². The third kappa shape index (κ3) is 4.20. The SMILES string of the molecule is Cc1ccc(CS(=O)(=O)Nc2ccc3c(c2)CCCC(=O)N3C)cc1. The summed E-state index contributed by atoms with van der Waals surface area (Å²) in [4.78, 5) is 13.6. The molecule has 2 aromatic carbocycles. The van der Waals surface area contributed by atoms with Crippen molar-refractivity contribution in [1.29, 1.82) is 0 Å². The summed E-state index contributed by atoms with van der Waals surface area (Å²) >= 11 is 0. The summed E-state index contributed by atoms with van der Waals surface area (Å²) < 4.78 is 27.5. The van der Waals surface area contributed by atoms with Gasteiger partial charge in [-0.15, -0.1) is 0 Å². The Bertz CT molecular complexity index is 889. The molecule has 3 rings (SSSR count). The standard InChI is InChI=1S/C19H22N2O3S/c1-14-6-8-15(9-7-14)13-25(23,24)20-17-10-11-18-16(12-17)4-3-5-19(22)21(18)2/h6-12,20H,3-5,13H2,1-2H3. The minimum absolute atomic E-state index is 0.0667. The molecule has 0 saturated heterocycles. The van der Waals surface area contributed by atoms with Crippen molar-refractivity contribution in [2.24, 2.45) is 0 Å². The highest BCUT2D eigenvalue weighted by Crippen LogP contribution is 2.29. The van der Waals surface area contributed by atoms with Crippen molar-refractivity contribution in [1.82, 2.24) is 0 Å². The second kappa shape index (κ2) is 6.88. The summed E-state index contributed by atoms with van der Waals surface area (Å²) in [5, 5.41) is 0. The smallest absolute Gasteiger partial charge is 0.236 e. The average molecular weight is 358 g/mol. The second-order valence-electron chi connectivity index (χ2n) is 6.50. The third-order valence-electron chi connectivity index (χ3n) is 4.40. The van der Waals surface area contributed by atoms with E-state index in [1.54, 1.807) is 18.0 Å². The van der Waals surface area contributed by atoms with Gasteiger partial charge in [0, 0.05) is 24.8 Å². The van der Waals surface area contributed by atoms with E-state index < -0.39 is 10.0 Å². The van der Waals surface area contributed by atoms with Gasteiger partial charge >= 0.3 is 0 Å². The van der Waals surface area contributed by atoms with Gasteiger partial charge in [0.15, 0.2) is 0 Å². The minimum Gasteiger partial charge on any atom is -0.315 e. The van der Waals surface area contributed by atoms with Gasteiger partial charge in [0.1, 0.15) is 0 Å². The first-order valence-electron chi connectivity index (χ1n) is 8.29. The van der Waals surface area contributed by atoms with Gasteiger partial charge < -0.3 is 4.90 Å². The fourth-order valence-corrected chi connectivity index (χ4v) is 4.22. The fraction of sp³-hybridized carbons (Fsp3) is 0.316. The van der Waals surface area contributed by atoms with E-state index >= 15 is 0 Å². The van der Waals surface area contributed by atoms with Gasteiger partial charge in [-0.25, -0.2) is 8.42 Å². The van der Waals surface area contributed by atoms with E-state index in [0.717, 1.165) is 35.2 Å². The summed E-state index contributed by atoms with van der Waals surface area (Å²) in [7, 11) is -1.73. The van der Waals surface area contributed by atoms with Gasteiger partial charge in [0.2, 0.25) is 15.9 Å². The van der Waals surface area contributed by atoms with Gasteiger partial charge in [-0.05, 0) is 49.1 Å². The van der Waals surface area contributed by atoms with E-state index in [2.05, 4.69) is 4.72 Å². The largest absolute Gasteiger partial charge is 0.315 e. The molecule has 0 atom stereocenters. The molecule has 2 aromatic rings. The molecule has 132 valence electrons. The van der Waals surface area contributed by atoms with Crippen molar-refractivity contribution in [3.63, 3.8) is 0 Å². The van der Waals surface area contributed by atoms with E-state index in [1.807, 2.05) is 43.3 Å². The molecule has 6 heteroatoms. The molecule has 1 aliphatic rings. The van der Waals surface area contributed by atoms with Crippen molar-refractivity contribution in [3.05, 3.63) is 59.2 Å². The van der Waals surface area contributed by atoms with E-state index in [1.165, 1.54) is 0 Å². The molecular weight excluding hydrogens is 336 g/mol. The topological polar surface area (TPSA) is 66.5 Å². The van der Waals surface area contributed by atoms with Crippen LogP contribution >= 0.6 is 0 Å². The molecule has 0 saturated carbocycles. The number of nitrogens with one attached hydrogen (secondary N) is 1. The summed E-state index contributed by atoms with van der Waals surface area (Å²) in [5.41, 5.74) is 4.22. The Kier molecular flexibility index (Phi) is 4.81. The number of sulfonamides is 1. The summed E-state index contributed by atoms with van der Waals surface area (Å²) in [6.07, 6.45) is 2.05. The zero-order valence-corrected chi connectivity index (χ0v) is 15.3. The van der Waals surface area contributed by atoms with Gasteiger partial charge in [-0.2, -0.15) is 0 Å². The van der Waals surface area contributed by atoms with Crippen LogP contribution in [-0.4, -0.2) is 21.4 Å². The number of fused-ring (bicyclic) bond motifs is 1. The molecule has 1 N–H and O–H groups in total. The molecule has 25 heavy (non-hydrogen) atoms. The van der Waals surface area contributed by atoms with Crippen molar-refractivity contribution in [2.45, 2.75) is 31.9 Å². The van der Waals surface area contributed by atoms with Crippen LogP contribution in [0.4, 0.5) is 11.4 Å². The van der Waals surface area contributed by atoms with Crippen LogP contribution in [0.15, 0.2) is 42.5 Å². The number of rotatable bonds is 4. The molecule has 1 amide bonds. The Balaban J connectivity index is 1.79. The number of anilines is 2. The molecule has 0 aromatic heterocycles. The van der Waals surface area contributed by atoms with Crippen LogP contribution in [0.1, 0.15) is 29.5 Å². The van der Waals surface area contributed by atoms with E-state index in [0.29, 0.717) is 12.1 Å². The van der Waals surface area contributed by atoms with Gasteiger partial charge in [0.25, 0.3) is 0 Å². The lowest BCUT2D eigenvalue weighted by molar-refractivity contribution is -0.118. The minimum atomic E-state index is -3.49. The van der Waals surface area contributed by atoms with Crippen LogP contribution < -0.4 is 9.62 Å². The lowest BCUT2D eigenvalue weighted by Crippen LogP contribution is -2.25. The molecule has 0 aliphatic carbocycles. The molecular formula is C19H22N2O3S. The number of carbonyl (C=O) groups excluding carboxylic acids is 1. The maximum absolute atomic E-state index is 12.4. The number of amides is 1. The average Bonchev–Trinajstić information content (AvgIpc) is 2.68. The number of benzene rings is 2. The number of hydrogen-bond acceptors (Lipinski definition) is 3. The maximum Gasteiger partial charge on any atom is 0.236 e. The second-order valence-corrected chi connectivity index (χ2v) is 8.22. The van der Waals surface area contributed by atoms with E-state index in [9.17, 15) is 13.2 Å². The van der Waals surface area contributed by atoms with Crippen LogP contribution in [0.25, 0.3) is 0 Å². The van der Waals surface area contributed by atoms with E-state index in [4.69, 9.17) is 0 Å². The number of aryl methyl sites for hydroxylation is 2. The monoisotopic (exact) mass is 358 g/mol. The predicted molar refractivity (Wildman–Crippen MR) is 100 cm³/mol. The normalized spacial score (nSPS) is 14.8. The zero-order valence-electron chi connectivity index (χ0n) is 14.5. The number of carbonyl (C=O) groups is 1. The Morgan fingerprint density at radius 2 is 1.80 bits per heavy atom. The van der Waals surface area contributed by atoms with Crippen LogP contribution in [0.2, 0.25) is 0 Å². The Morgan fingerprint density at radius 3 is 2.52 bits per heavy atom. The first-order valence-corrected chi connectivity index (χ1v) is 9.95. The summed E-state index contributed by atoms with van der Waals surface area (Å²) in [6, 6.07) is 12.8. The first kappa shape index (κ1) is 17.5. The molecule has 0 radical (unpaired) electrons. The van der Waals surface area contributed by atoms with Crippen molar-refractivity contribution in [3.8, 4) is 0 Å². The van der Waals surface area contributed by atoms with Crippen molar-refractivity contribution < 1.29 is 13.2 Å². The van der Waals surface area contributed by atoms with E-state index in [-0.39, 0.29) is 11.7 Å². The lowest BCUT2D eigenvalue weighted by Gasteiger charge is -2.18. The number of hydrogen-bond donors (Lipinski definition) is 1. The third-order valence-corrected chi connectivity index (χ3v) is 5.66. The highest BCUT2D eigenvalue weighted by atomic mass is 32.2.